The van der Waals surface area contributed by atoms with Gasteiger partial charge in [0, 0.05) is 26.2 Å². The van der Waals surface area contributed by atoms with E-state index in [0.29, 0.717) is 6.42 Å². The summed E-state index contributed by atoms with van der Waals surface area (Å²) in [5, 5.41) is 0. The van der Waals surface area contributed by atoms with Gasteiger partial charge in [-0.15, -0.1) is 0 Å². The normalized spacial score (nSPS) is 9.93. The number of nitrogens with zero attached hydrogens (tertiary/aromatic N) is 1. The van der Waals surface area contributed by atoms with Crippen molar-refractivity contribution in [3.63, 3.8) is 0 Å². The van der Waals surface area contributed by atoms with Crippen LogP contribution in [-0.4, -0.2) is 19.9 Å². The number of para-hydroxylation sites is 1. The average molecular weight is 191 g/mol. The van der Waals surface area contributed by atoms with E-state index < -0.39 is 0 Å². The van der Waals surface area contributed by atoms with Crippen LogP contribution in [0.2, 0.25) is 0 Å². The molecule has 2 nitrogen and oxygen atoms in total. The van der Waals surface area contributed by atoms with Crippen molar-refractivity contribution < 1.29 is 4.79 Å². The Kier molecular flexibility index (Phi) is 3.69. The Hall–Kier alpha value is -1.31. The van der Waals surface area contributed by atoms with Crippen LogP contribution in [0.4, 0.5) is 5.69 Å². The van der Waals surface area contributed by atoms with E-state index in [2.05, 4.69) is 17.0 Å². The third kappa shape index (κ3) is 2.87. The van der Waals surface area contributed by atoms with E-state index in [-0.39, 0.29) is 5.78 Å². The Balaban J connectivity index is 2.79. The largest absolute Gasteiger partial charge is 0.377 e. The maximum absolute atomic E-state index is 10.9. The van der Waals surface area contributed by atoms with E-state index >= 15 is 0 Å². The highest BCUT2D eigenvalue weighted by molar-refractivity contribution is 5.76. The lowest BCUT2D eigenvalue weighted by molar-refractivity contribution is -0.116. The molecule has 0 aliphatic carbocycles. The van der Waals surface area contributed by atoms with Crippen molar-refractivity contribution in [2.24, 2.45) is 0 Å². The standard InChI is InChI=1S/C12H17NO/c1-10(14)8-9-11-6-4-5-7-12(11)13(2)3/h4-7H,8-9H2,1-3H3. The summed E-state index contributed by atoms with van der Waals surface area (Å²) in [5.74, 6) is 0.249. The second-order valence-electron chi connectivity index (χ2n) is 3.73. The quantitative estimate of drug-likeness (QED) is 0.727. The summed E-state index contributed by atoms with van der Waals surface area (Å²) in [4.78, 5) is 13.0. The summed E-state index contributed by atoms with van der Waals surface area (Å²) >= 11 is 0. The van der Waals surface area contributed by atoms with Crippen molar-refractivity contribution in [1.29, 1.82) is 0 Å². The molecule has 0 fully saturated rings. The summed E-state index contributed by atoms with van der Waals surface area (Å²) in [7, 11) is 4.04. The van der Waals surface area contributed by atoms with E-state index in [0.717, 1.165) is 6.42 Å². The maximum Gasteiger partial charge on any atom is 0.130 e. The number of hydrogen-bond donors (Lipinski definition) is 0. The van der Waals surface area contributed by atoms with Gasteiger partial charge in [-0.05, 0) is 25.0 Å². The predicted molar refractivity (Wildman–Crippen MR) is 59.8 cm³/mol. The molecule has 0 saturated heterocycles. The minimum absolute atomic E-state index is 0.249. The van der Waals surface area contributed by atoms with Gasteiger partial charge in [0.25, 0.3) is 0 Å². The third-order valence-corrected chi connectivity index (χ3v) is 2.22. The fourth-order valence-corrected chi connectivity index (χ4v) is 1.47. The van der Waals surface area contributed by atoms with Crippen molar-refractivity contribution >= 4 is 11.5 Å². The lowest BCUT2D eigenvalue weighted by Crippen LogP contribution is -2.11. The van der Waals surface area contributed by atoms with E-state index in [1.165, 1.54) is 11.3 Å². The van der Waals surface area contributed by atoms with Gasteiger partial charge in [-0.3, -0.25) is 0 Å². The van der Waals surface area contributed by atoms with Crippen molar-refractivity contribution in [1.82, 2.24) is 0 Å². The van der Waals surface area contributed by atoms with Gasteiger partial charge in [-0.25, -0.2) is 0 Å². The SMILES string of the molecule is CC(=O)CCc1ccccc1N(C)C. The Morgan fingerprint density at radius 2 is 1.93 bits per heavy atom. The van der Waals surface area contributed by atoms with Gasteiger partial charge in [-0.1, -0.05) is 18.2 Å². The highest BCUT2D eigenvalue weighted by Crippen LogP contribution is 2.19. The minimum Gasteiger partial charge on any atom is -0.377 e. The molecule has 0 spiro atoms. The molecule has 0 radical (unpaired) electrons. The molecule has 0 atom stereocenters. The summed E-state index contributed by atoms with van der Waals surface area (Å²) < 4.78 is 0. The highest BCUT2D eigenvalue weighted by Gasteiger charge is 2.03. The molecule has 0 aliphatic heterocycles. The first kappa shape index (κ1) is 10.8. The van der Waals surface area contributed by atoms with Crippen LogP contribution in [0, 0.1) is 0 Å². The Bertz CT molecular complexity index is 318. The molecule has 0 aliphatic rings. The van der Waals surface area contributed by atoms with Gasteiger partial charge in [0.15, 0.2) is 0 Å². The Labute approximate surface area is 85.5 Å². The number of hydrogen-bond acceptors (Lipinski definition) is 2. The Morgan fingerprint density at radius 3 is 2.50 bits per heavy atom. The third-order valence-electron chi connectivity index (χ3n) is 2.22. The molecule has 76 valence electrons. The van der Waals surface area contributed by atoms with Gasteiger partial charge in [0.1, 0.15) is 5.78 Å². The molecule has 1 aromatic rings. The van der Waals surface area contributed by atoms with Gasteiger partial charge >= 0.3 is 0 Å². The van der Waals surface area contributed by atoms with E-state index in [9.17, 15) is 4.79 Å². The molecule has 0 aromatic heterocycles. The molecule has 14 heavy (non-hydrogen) atoms. The first-order valence-electron chi connectivity index (χ1n) is 4.86. The van der Waals surface area contributed by atoms with Crippen LogP contribution < -0.4 is 4.90 Å². The smallest absolute Gasteiger partial charge is 0.130 e. The van der Waals surface area contributed by atoms with Gasteiger partial charge in [-0.2, -0.15) is 0 Å². The van der Waals surface area contributed by atoms with Crippen LogP contribution >= 0.6 is 0 Å². The van der Waals surface area contributed by atoms with Gasteiger partial charge in [0.2, 0.25) is 0 Å². The summed E-state index contributed by atoms with van der Waals surface area (Å²) in [6.45, 7) is 1.64. The van der Waals surface area contributed by atoms with Crippen LogP contribution in [0.5, 0.6) is 0 Å². The second kappa shape index (κ2) is 4.80. The second-order valence-corrected chi connectivity index (χ2v) is 3.73. The lowest BCUT2D eigenvalue weighted by atomic mass is 10.1. The summed E-state index contributed by atoms with van der Waals surface area (Å²) in [5.41, 5.74) is 2.45. The van der Waals surface area contributed by atoms with Crippen molar-refractivity contribution in [2.75, 3.05) is 19.0 Å². The fraction of sp³-hybridized carbons (Fsp3) is 0.417. The minimum atomic E-state index is 0.249. The molecule has 0 unspecified atom stereocenters. The number of rotatable bonds is 4. The molecule has 0 amide bonds. The summed E-state index contributed by atoms with van der Waals surface area (Å²) in [6.07, 6.45) is 1.47. The maximum atomic E-state index is 10.9. The van der Waals surface area contributed by atoms with E-state index in [1.54, 1.807) is 6.92 Å². The van der Waals surface area contributed by atoms with Crippen LogP contribution in [0.3, 0.4) is 0 Å². The molecule has 0 saturated carbocycles. The van der Waals surface area contributed by atoms with Crippen LogP contribution in [-0.2, 0) is 11.2 Å². The Morgan fingerprint density at radius 1 is 1.29 bits per heavy atom. The monoisotopic (exact) mass is 191 g/mol. The van der Waals surface area contributed by atoms with E-state index in [1.807, 2.05) is 26.2 Å². The van der Waals surface area contributed by atoms with Crippen molar-refractivity contribution in [3.05, 3.63) is 29.8 Å². The molecule has 0 N–H and O–H groups in total. The molecule has 0 heterocycles. The molecule has 1 rings (SSSR count). The predicted octanol–water partition coefficient (Wildman–Crippen LogP) is 2.27. The number of Topliss-reactive ketones (excluding diaryl/α,β-unsaturated/α-hetero) is 1. The fourth-order valence-electron chi connectivity index (χ4n) is 1.47. The molecular formula is C12H17NO. The first-order valence-corrected chi connectivity index (χ1v) is 4.86. The summed E-state index contributed by atoms with van der Waals surface area (Å²) in [6, 6.07) is 8.20. The zero-order valence-electron chi connectivity index (χ0n) is 9.08. The molecule has 1 aromatic carbocycles. The van der Waals surface area contributed by atoms with Crippen LogP contribution in [0.1, 0.15) is 18.9 Å². The average Bonchev–Trinajstić information content (AvgIpc) is 2.15. The first-order chi connectivity index (χ1) is 6.61. The number of carbonyl (C=O) groups is 1. The zero-order chi connectivity index (χ0) is 10.6. The van der Waals surface area contributed by atoms with E-state index in [4.69, 9.17) is 0 Å². The van der Waals surface area contributed by atoms with Crippen molar-refractivity contribution in [3.8, 4) is 0 Å². The highest BCUT2D eigenvalue weighted by atomic mass is 16.1. The molecule has 2 heteroatoms. The molecular weight excluding hydrogens is 174 g/mol. The molecule has 0 bridgehead atoms. The topological polar surface area (TPSA) is 20.3 Å². The zero-order valence-corrected chi connectivity index (χ0v) is 9.08. The number of benzene rings is 1. The lowest BCUT2D eigenvalue weighted by Gasteiger charge is -2.16. The number of ketones is 1. The van der Waals surface area contributed by atoms with Crippen LogP contribution in [0.25, 0.3) is 0 Å². The van der Waals surface area contributed by atoms with Crippen molar-refractivity contribution in [2.45, 2.75) is 19.8 Å². The van der Waals surface area contributed by atoms with Gasteiger partial charge < -0.3 is 9.69 Å². The van der Waals surface area contributed by atoms with Crippen LogP contribution in [0.15, 0.2) is 24.3 Å². The number of aryl methyl sites for hydroxylation is 1. The number of anilines is 1. The van der Waals surface area contributed by atoms with Gasteiger partial charge in [0.05, 0.1) is 0 Å². The number of carbonyl (C=O) groups excluding carboxylic acids is 1.